The number of aryl methyl sites for hydroxylation is 1. The van der Waals surface area contributed by atoms with Crippen LogP contribution < -0.4 is 10.9 Å². The van der Waals surface area contributed by atoms with E-state index >= 15 is 0 Å². The van der Waals surface area contributed by atoms with Crippen LogP contribution in [0, 0.1) is 0 Å². The maximum Gasteiger partial charge on any atom is 0.275 e. The molecule has 3 aromatic rings. The fraction of sp³-hybridized carbons (Fsp3) is 0.222. The van der Waals surface area contributed by atoms with Crippen LogP contribution in [0.4, 0.5) is 0 Å². The summed E-state index contributed by atoms with van der Waals surface area (Å²) in [4.78, 5) is 25.7. The predicted molar refractivity (Wildman–Crippen MR) is 97.7 cm³/mol. The van der Waals surface area contributed by atoms with Gasteiger partial charge in [0.25, 0.3) is 11.5 Å². The zero-order chi connectivity index (χ0) is 17.1. The number of amides is 1. The van der Waals surface area contributed by atoms with Gasteiger partial charge in [-0.05, 0) is 30.5 Å². The van der Waals surface area contributed by atoms with Crippen LogP contribution in [0.5, 0.6) is 0 Å². The van der Waals surface area contributed by atoms with Crippen molar-refractivity contribution in [3.8, 4) is 0 Å². The molecule has 0 bridgehead atoms. The average molecular weight is 341 g/mol. The topological polar surface area (TPSA) is 56.0 Å². The Bertz CT molecular complexity index is 943. The molecule has 6 heteroatoms. The Kier molecular flexibility index (Phi) is 4.76. The molecule has 3 rings (SSSR count). The standard InChI is InChI=1S/C18H19N3O2S/c1-20-10-7-13-8-11-21(18(23)16(13)20)12-9-19-17(22)14-5-3-4-6-15(14)24-2/h3-8,10-11H,9,12H2,1-2H3,(H,19,22). The number of thioether (sulfide) groups is 1. The Morgan fingerprint density at radius 1 is 1.17 bits per heavy atom. The monoisotopic (exact) mass is 341 g/mol. The third-order valence-electron chi connectivity index (χ3n) is 3.99. The van der Waals surface area contributed by atoms with Gasteiger partial charge in [0.15, 0.2) is 0 Å². The summed E-state index contributed by atoms with van der Waals surface area (Å²) in [6, 6.07) is 11.3. The Morgan fingerprint density at radius 2 is 1.92 bits per heavy atom. The zero-order valence-electron chi connectivity index (χ0n) is 13.7. The molecule has 0 fully saturated rings. The largest absolute Gasteiger partial charge is 0.350 e. The molecule has 0 atom stereocenters. The fourth-order valence-electron chi connectivity index (χ4n) is 2.73. The molecule has 0 saturated carbocycles. The Balaban J connectivity index is 1.71. The van der Waals surface area contributed by atoms with Crippen molar-refractivity contribution in [3.63, 3.8) is 0 Å². The molecule has 1 aromatic carbocycles. The molecule has 0 aliphatic heterocycles. The molecule has 0 saturated heterocycles. The van der Waals surface area contributed by atoms with Gasteiger partial charge < -0.3 is 14.5 Å². The number of carbonyl (C=O) groups is 1. The predicted octanol–water partition coefficient (Wildman–Crippen LogP) is 2.49. The van der Waals surface area contributed by atoms with Gasteiger partial charge >= 0.3 is 0 Å². The normalized spacial score (nSPS) is 10.9. The van der Waals surface area contributed by atoms with Crippen LogP contribution in [0.15, 0.2) is 58.5 Å². The molecule has 0 radical (unpaired) electrons. The quantitative estimate of drug-likeness (QED) is 0.726. The Morgan fingerprint density at radius 3 is 2.71 bits per heavy atom. The van der Waals surface area contributed by atoms with E-state index in [9.17, 15) is 9.59 Å². The van der Waals surface area contributed by atoms with Crippen LogP contribution in [-0.4, -0.2) is 27.8 Å². The summed E-state index contributed by atoms with van der Waals surface area (Å²) in [6.07, 6.45) is 5.59. The Hall–Kier alpha value is -2.47. The first kappa shape index (κ1) is 16.4. The van der Waals surface area contributed by atoms with Gasteiger partial charge in [-0.2, -0.15) is 0 Å². The minimum atomic E-state index is -0.118. The molecule has 2 heterocycles. The molecule has 1 N–H and O–H groups in total. The van der Waals surface area contributed by atoms with E-state index in [0.717, 1.165) is 10.3 Å². The number of nitrogens with one attached hydrogen (secondary N) is 1. The molecule has 124 valence electrons. The van der Waals surface area contributed by atoms with E-state index in [1.807, 2.05) is 60.5 Å². The van der Waals surface area contributed by atoms with Crippen molar-refractivity contribution in [2.24, 2.45) is 7.05 Å². The van der Waals surface area contributed by atoms with Crippen LogP contribution >= 0.6 is 11.8 Å². The molecule has 24 heavy (non-hydrogen) atoms. The highest BCUT2D eigenvalue weighted by atomic mass is 32.2. The van der Waals surface area contributed by atoms with E-state index in [1.165, 1.54) is 0 Å². The lowest BCUT2D eigenvalue weighted by molar-refractivity contribution is 0.0949. The van der Waals surface area contributed by atoms with Crippen molar-refractivity contribution in [1.29, 1.82) is 0 Å². The van der Waals surface area contributed by atoms with Crippen molar-refractivity contribution in [2.45, 2.75) is 11.4 Å². The summed E-state index contributed by atoms with van der Waals surface area (Å²) in [7, 11) is 1.86. The minimum absolute atomic E-state index is 0.0428. The van der Waals surface area contributed by atoms with Crippen LogP contribution in [0.25, 0.3) is 10.9 Å². The molecule has 0 unspecified atom stereocenters. The molecule has 0 aliphatic carbocycles. The number of aromatic nitrogens is 2. The lowest BCUT2D eigenvalue weighted by atomic mass is 10.2. The van der Waals surface area contributed by atoms with Crippen molar-refractivity contribution in [2.75, 3.05) is 12.8 Å². The van der Waals surface area contributed by atoms with Crippen LogP contribution in [-0.2, 0) is 13.6 Å². The first-order valence-electron chi connectivity index (χ1n) is 7.67. The summed E-state index contributed by atoms with van der Waals surface area (Å²) < 4.78 is 3.45. The minimum Gasteiger partial charge on any atom is -0.350 e. The van der Waals surface area contributed by atoms with E-state index in [2.05, 4.69) is 5.32 Å². The number of rotatable bonds is 5. The number of carbonyl (C=O) groups excluding carboxylic acids is 1. The van der Waals surface area contributed by atoms with E-state index in [4.69, 9.17) is 0 Å². The fourth-order valence-corrected chi connectivity index (χ4v) is 3.32. The lowest BCUT2D eigenvalue weighted by Crippen LogP contribution is -2.31. The number of nitrogens with zero attached hydrogens (tertiary/aromatic N) is 2. The second-order valence-corrected chi connectivity index (χ2v) is 6.35. The van der Waals surface area contributed by atoms with Crippen molar-refractivity contribution >= 4 is 28.6 Å². The smallest absolute Gasteiger partial charge is 0.275 e. The number of hydrogen-bond donors (Lipinski definition) is 1. The van der Waals surface area contributed by atoms with Gasteiger partial charge in [0, 0.05) is 42.8 Å². The van der Waals surface area contributed by atoms with E-state index < -0.39 is 0 Å². The van der Waals surface area contributed by atoms with Crippen molar-refractivity contribution < 1.29 is 4.79 Å². The van der Waals surface area contributed by atoms with E-state index in [1.54, 1.807) is 22.5 Å². The average Bonchev–Trinajstić information content (AvgIpc) is 2.98. The SMILES string of the molecule is CSc1ccccc1C(=O)NCCn1ccc2ccn(C)c2c1=O. The van der Waals surface area contributed by atoms with Gasteiger partial charge in [-0.1, -0.05) is 12.1 Å². The maximum atomic E-state index is 12.5. The van der Waals surface area contributed by atoms with Gasteiger partial charge in [0.05, 0.1) is 5.56 Å². The molecule has 0 spiro atoms. The zero-order valence-corrected chi connectivity index (χ0v) is 14.5. The maximum absolute atomic E-state index is 12.5. The third-order valence-corrected chi connectivity index (χ3v) is 4.79. The van der Waals surface area contributed by atoms with Gasteiger partial charge in [0.2, 0.25) is 0 Å². The summed E-state index contributed by atoms with van der Waals surface area (Å²) in [5.41, 5.74) is 1.30. The van der Waals surface area contributed by atoms with Gasteiger partial charge in [-0.15, -0.1) is 11.8 Å². The highest BCUT2D eigenvalue weighted by Crippen LogP contribution is 2.19. The third kappa shape index (κ3) is 3.10. The summed E-state index contributed by atoms with van der Waals surface area (Å²) in [5.74, 6) is -0.118. The summed E-state index contributed by atoms with van der Waals surface area (Å²) >= 11 is 1.54. The second kappa shape index (κ2) is 6.97. The highest BCUT2D eigenvalue weighted by Gasteiger charge is 2.10. The van der Waals surface area contributed by atoms with Crippen molar-refractivity contribution in [1.82, 2.24) is 14.5 Å². The van der Waals surface area contributed by atoms with Gasteiger partial charge in [0.1, 0.15) is 5.52 Å². The number of benzene rings is 1. The summed E-state index contributed by atoms with van der Waals surface area (Å²) in [6.45, 7) is 0.838. The van der Waals surface area contributed by atoms with E-state index in [-0.39, 0.29) is 11.5 Å². The molecule has 2 aromatic heterocycles. The number of hydrogen-bond acceptors (Lipinski definition) is 3. The van der Waals surface area contributed by atoms with Gasteiger partial charge in [-0.3, -0.25) is 9.59 Å². The second-order valence-electron chi connectivity index (χ2n) is 5.50. The van der Waals surface area contributed by atoms with Crippen LogP contribution in [0.1, 0.15) is 10.4 Å². The molecular weight excluding hydrogens is 322 g/mol. The Labute approximate surface area is 144 Å². The molecule has 0 aliphatic rings. The van der Waals surface area contributed by atoms with Crippen molar-refractivity contribution in [3.05, 3.63) is 64.7 Å². The first-order valence-corrected chi connectivity index (χ1v) is 8.90. The number of fused-ring (bicyclic) bond motifs is 1. The van der Waals surface area contributed by atoms with Crippen LogP contribution in [0.3, 0.4) is 0 Å². The van der Waals surface area contributed by atoms with Gasteiger partial charge in [-0.25, -0.2) is 0 Å². The highest BCUT2D eigenvalue weighted by molar-refractivity contribution is 7.98. The number of pyridine rings is 1. The molecular formula is C18H19N3O2S. The molecule has 1 amide bonds. The lowest BCUT2D eigenvalue weighted by Gasteiger charge is -2.10. The van der Waals surface area contributed by atoms with E-state index in [0.29, 0.717) is 24.2 Å². The first-order chi connectivity index (χ1) is 11.6. The van der Waals surface area contributed by atoms with Crippen LogP contribution in [0.2, 0.25) is 0 Å². The molecule has 5 nitrogen and oxygen atoms in total. The summed E-state index contributed by atoms with van der Waals surface area (Å²) in [5, 5.41) is 3.81.